The number of nitro benzene ring substituents is 1. The molecule has 1 unspecified atom stereocenters. The van der Waals surface area contributed by atoms with Crippen LogP contribution in [0.5, 0.6) is 0 Å². The fraction of sp³-hybridized carbons (Fsp3) is 0.500. The van der Waals surface area contributed by atoms with Gasteiger partial charge in [0, 0.05) is 31.4 Å². The zero-order valence-electron chi connectivity index (χ0n) is 11.9. The quantitative estimate of drug-likeness (QED) is 0.649. The third-order valence-corrected chi connectivity index (χ3v) is 3.49. The summed E-state index contributed by atoms with van der Waals surface area (Å²) in [5, 5.41) is 23.8. The fourth-order valence-corrected chi connectivity index (χ4v) is 2.49. The molecule has 1 fully saturated rings. The van der Waals surface area contributed by atoms with Crippen LogP contribution in [0.2, 0.25) is 0 Å². The number of rotatable bonds is 4. The lowest BCUT2D eigenvalue weighted by atomic mass is 10.1. The molecule has 1 aliphatic heterocycles. The van der Waals surface area contributed by atoms with Crippen molar-refractivity contribution in [3.63, 3.8) is 0 Å². The van der Waals surface area contributed by atoms with Gasteiger partial charge in [-0.05, 0) is 31.9 Å². The molecule has 0 spiro atoms. The highest BCUT2D eigenvalue weighted by Gasteiger charge is 2.28. The summed E-state index contributed by atoms with van der Waals surface area (Å²) in [6.45, 7) is 3.30. The Morgan fingerprint density at radius 1 is 1.57 bits per heavy atom. The number of hydrogen-bond donors (Lipinski definition) is 2. The second kappa shape index (κ2) is 6.53. The number of β-amino-alcohol motifs (C(OH)–C–C–N with tert-alkyl or cyclic N) is 1. The highest BCUT2D eigenvalue weighted by atomic mass is 16.6. The van der Waals surface area contributed by atoms with Gasteiger partial charge >= 0.3 is 0 Å². The first-order chi connectivity index (χ1) is 10.0. The van der Waals surface area contributed by atoms with Crippen LogP contribution in [0.1, 0.15) is 30.1 Å². The second-order valence-corrected chi connectivity index (χ2v) is 5.07. The summed E-state index contributed by atoms with van der Waals surface area (Å²) in [5.74, 6) is -0.403. The van der Waals surface area contributed by atoms with E-state index in [2.05, 4.69) is 5.32 Å². The van der Waals surface area contributed by atoms with Crippen molar-refractivity contribution < 1.29 is 14.8 Å². The van der Waals surface area contributed by atoms with Crippen molar-refractivity contribution in [1.82, 2.24) is 4.90 Å². The van der Waals surface area contributed by atoms with Gasteiger partial charge in [0.25, 0.3) is 11.6 Å². The molecule has 0 saturated carbocycles. The van der Waals surface area contributed by atoms with Crippen LogP contribution in [0.4, 0.5) is 11.4 Å². The first kappa shape index (κ1) is 15.2. The van der Waals surface area contributed by atoms with Crippen molar-refractivity contribution in [2.45, 2.75) is 25.9 Å². The Morgan fingerprint density at radius 3 is 2.95 bits per heavy atom. The first-order valence-corrected chi connectivity index (χ1v) is 7.02. The van der Waals surface area contributed by atoms with Crippen molar-refractivity contribution in [3.8, 4) is 0 Å². The molecular weight excluding hydrogens is 274 g/mol. The van der Waals surface area contributed by atoms with E-state index in [4.69, 9.17) is 0 Å². The summed E-state index contributed by atoms with van der Waals surface area (Å²) in [6.07, 6.45) is 0.801. The maximum Gasteiger partial charge on any atom is 0.282 e. The molecule has 0 aromatic heterocycles. The molecule has 1 aromatic rings. The standard InChI is InChI=1S/C14H19N3O4/c1-2-15-10-5-6-13(17(20)21)12(8-10)14(19)16-7-3-4-11(18)9-16/h5-6,8,11,15,18H,2-4,7,9H2,1H3. The predicted molar refractivity (Wildman–Crippen MR) is 78.4 cm³/mol. The van der Waals surface area contributed by atoms with E-state index < -0.39 is 16.9 Å². The number of nitro groups is 1. The molecule has 21 heavy (non-hydrogen) atoms. The molecule has 1 aliphatic rings. The first-order valence-electron chi connectivity index (χ1n) is 7.02. The van der Waals surface area contributed by atoms with Gasteiger partial charge in [0.15, 0.2) is 0 Å². The summed E-state index contributed by atoms with van der Waals surface area (Å²) in [7, 11) is 0. The monoisotopic (exact) mass is 293 g/mol. The van der Waals surface area contributed by atoms with E-state index in [1.165, 1.54) is 17.0 Å². The van der Waals surface area contributed by atoms with E-state index in [1.807, 2.05) is 6.92 Å². The number of piperidine rings is 1. The van der Waals surface area contributed by atoms with Crippen LogP contribution in [0.25, 0.3) is 0 Å². The summed E-state index contributed by atoms with van der Waals surface area (Å²) in [4.78, 5) is 24.5. The van der Waals surface area contributed by atoms with Crippen LogP contribution >= 0.6 is 0 Å². The highest BCUT2D eigenvalue weighted by Crippen LogP contribution is 2.25. The minimum atomic E-state index is -0.557. The minimum Gasteiger partial charge on any atom is -0.391 e. The summed E-state index contributed by atoms with van der Waals surface area (Å²) < 4.78 is 0. The van der Waals surface area contributed by atoms with Gasteiger partial charge in [0.2, 0.25) is 0 Å². The zero-order valence-corrected chi connectivity index (χ0v) is 11.9. The fourth-order valence-electron chi connectivity index (χ4n) is 2.49. The maximum absolute atomic E-state index is 12.5. The summed E-state index contributed by atoms with van der Waals surface area (Å²) >= 11 is 0. The molecule has 2 N–H and O–H groups in total. The van der Waals surface area contributed by atoms with Crippen LogP contribution < -0.4 is 5.32 Å². The highest BCUT2D eigenvalue weighted by molar-refractivity contribution is 5.99. The lowest BCUT2D eigenvalue weighted by molar-refractivity contribution is -0.385. The molecule has 7 nitrogen and oxygen atoms in total. The van der Waals surface area contributed by atoms with Crippen LogP contribution in [0.15, 0.2) is 18.2 Å². The van der Waals surface area contributed by atoms with Crippen LogP contribution in [-0.4, -0.2) is 46.6 Å². The van der Waals surface area contributed by atoms with Crippen molar-refractivity contribution in [2.75, 3.05) is 25.0 Å². The SMILES string of the molecule is CCNc1ccc([N+](=O)[O-])c(C(=O)N2CCCC(O)C2)c1. The largest absolute Gasteiger partial charge is 0.391 e. The van der Waals surface area contributed by atoms with Crippen LogP contribution in [0.3, 0.4) is 0 Å². The Balaban J connectivity index is 2.32. The number of carbonyl (C=O) groups excluding carboxylic acids is 1. The number of aliphatic hydroxyl groups excluding tert-OH is 1. The molecule has 0 radical (unpaired) electrons. The minimum absolute atomic E-state index is 0.0625. The van der Waals surface area contributed by atoms with Crippen LogP contribution in [-0.2, 0) is 0 Å². The average molecular weight is 293 g/mol. The molecule has 114 valence electrons. The van der Waals surface area contributed by atoms with Gasteiger partial charge in [-0.1, -0.05) is 0 Å². The lowest BCUT2D eigenvalue weighted by Crippen LogP contribution is -2.42. The van der Waals surface area contributed by atoms with Gasteiger partial charge in [-0.2, -0.15) is 0 Å². The van der Waals surface area contributed by atoms with Crippen molar-refractivity contribution >= 4 is 17.3 Å². The number of amides is 1. The molecule has 7 heteroatoms. The summed E-state index contributed by atoms with van der Waals surface area (Å²) in [6, 6.07) is 4.43. The number of nitrogens with one attached hydrogen (secondary N) is 1. The summed E-state index contributed by atoms with van der Waals surface area (Å²) in [5.41, 5.74) is 0.526. The Kier molecular flexibility index (Phi) is 4.74. The van der Waals surface area contributed by atoms with Gasteiger partial charge in [-0.15, -0.1) is 0 Å². The Hall–Kier alpha value is -2.15. The second-order valence-electron chi connectivity index (χ2n) is 5.07. The van der Waals surface area contributed by atoms with Gasteiger partial charge in [0.1, 0.15) is 5.56 Å². The molecule has 1 heterocycles. The number of nitrogens with zero attached hydrogens (tertiary/aromatic N) is 2. The van der Waals surface area contributed by atoms with E-state index in [0.717, 1.165) is 0 Å². The average Bonchev–Trinajstić information content (AvgIpc) is 2.46. The lowest BCUT2D eigenvalue weighted by Gasteiger charge is -2.30. The Morgan fingerprint density at radius 2 is 2.33 bits per heavy atom. The number of carbonyl (C=O) groups is 1. The molecule has 1 amide bonds. The normalized spacial score (nSPS) is 18.4. The molecular formula is C14H19N3O4. The molecule has 0 bridgehead atoms. The van der Waals surface area contributed by atoms with Gasteiger partial charge < -0.3 is 15.3 Å². The Labute approximate surface area is 122 Å². The number of hydrogen-bond acceptors (Lipinski definition) is 5. The number of anilines is 1. The molecule has 0 aliphatic carbocycles. The number of benzene rings is 1. The van der Waals surface area contributed by atoms with Crippen molar-refractivity contribution in [2.24, 2.45) is 0 Å². The van der Waals surface area contributed by atoms with E-state index >= 15 is 0 Å². The van der Waals surface area contributed by atoms with Crippen LogP contribution in [0, 0.1) is 10.1 Å². The van der Waals surface area contributed by atoms with Gasteiger partial charge in [-0.25, -0.2) is 0 Å². The molecule has 1 aromatic carbocycles. The third kappa shape index (κ3) is 3.49. The van der Waals surface area contributed by atoms with E-state index in [0.29, 0.717) is 31.6 Å². The van der Waals surface area contributed by atoms with Gasteiger partial charge in [-0.3, -0.25) is 14.9 Å². The van der Waals surface area contributed by atoms with Crippen molar-refractivity contribution in [3.05, 3.63) is 33.9 Å². The van der Waals surface area contributed by atoms with Crippen molar-refractivity contribution in [1.29, 1.82) is 0 Å². The van der Waals surface area contributed by atoms with E-state index in [-0.39, 0.29) is 17.8 Å². The molecule has 1 atom stereocenters. The molecule has 1 saturated heterocycles. The number of aliphatic hydroxyl groups is 1. The number of likely N-dealkylation sites (tertiary alicyclic amines) is 1. The Bertz CT molecular complexity index is 547. The maximum atomic E-state index is 12.5. The third-order valence-electron chi connectivity index (χ3n) is 3.49. The smallest absolute Gasteiger partial charge is 0.282 e. The van der Waals surface area contributed by atoms with E-state index in [9.17, 15) is 20.0 Å². The predicted octanol–water partition coefficient (Wildman–Crippen LogP) is 1.62. The topological polar surface area (TPSA) is 95.7 Å². The van der Waals surface area contributed by atoms with E-state index in [1.54, 1.807) is 6.07 Å². The zero-order chi connectivity index (χ0) is 15.4. The van der Waals surface area contributed by atoms with Gasteiger partial charge in [0.05, 0.1) is 11.0 Å². The molecule has 2 rings (SSSR count).